The van der Waals surface area contributed by atoms with Crippen LogP contribution in [0, 0.1) is 0 Å². The van der Waals surface area contributed by atoms with Gasteiger partial charge in [-0.3, -0.25) is 0 Å². The van der Waals surface area contributed by atoms with E-state index in [1.807, 2.05) is 18.7 Å². The normalized spacial score (nSPS) is 23.4. The summed E-state index contributed by atoms with van der Waals surface area (Å²) in [5, 5.41) is 8.67. The number of anilines is 1. The van der Waals surface area contributed by atoms with E-state index in [9.17, 15) is 0 Å². The van der Waals surface area contributed by atoms with Crippen LogP contribution < -0.4 is 10.6 Å². The van der Waals surface area contributed by atoms with Crippen molar-refractivity contribution >= 4 is 17.8 Å². The molecule has 1 aliphatic rings. The summed E-state index contributed by atoms with van der Waals surface area (Å²) in [6, 6.07) is 0.424. The number of nitrogens with zero attached hydrogens (tertiary/aromatic N) is 3. The van der Waals surface area contributed by atoms with Gasteiger partial charge in [-0.15, -0.1) is 5.10 Å². The van der Waals surface area contributed by atoms with E-state index in [2.05, 4.69) is 22.0 Å². The standard InChI is InChI=1S/C10H18N4OS/c1-3-8-6-14(4-5-16-8)10-13-12-9(15-10)7(2)11/h7-8H,3-6,11H2,1-2H3. The van der Waals surface area contributed by atoms with E-state index in [0.29, 0.717) is 17.2 Å². The summed E-state index contributed by atoms with van der Waals surface area (Å²) < 4.78 is 5.55. The summed E-state index contributed by atoms with van der Waals surface area (Å²) in [6.45, 7) is 6.02. The lowest BCUT2D eigenvalue weighted by Crippen LogP contribution is -2.37. The third kappa shape index (κ3) is 2.49. The largest absolute Gasteiger partial charge is 0.406 e. The molecule has 0 amide bonds. The summed E-state index contributed by atoms with van der Waals surface area (Å²) >= 11 is 2.02. The molecule has 0 bridgehead atoms. The quantitative estimate of drug-likeness (QED) is 0.864. The highest BCUT2D eigenvalue weighted by atomic mass is 32.2. The smallest absolute Gasteiger partial charge is 0.318 e. The van der Waals surface area contributed by atoms with Crippen molar-refractivity contribution in [3.63, 3.8) is 0 Å². The maximum Gasteiger partial charge on any atom is 0.318 e. The number of hydrogen-bond donors (Lipinski definition) is 1. The number of hydrogen-bond acceptors (Lipinski definition) is 6. The molecule has 1 aromatic rings. The molecule has 0 radical (unpaired) electrons. The topological polar surface area (TPSA) is 68.2 Å². The number of thioether (sulfide) groups is 1. The van der Waals surface area contributed by atoms with E-state index in [4.69, 9.17) is 10.2 Å². The summed E-state index contributed by atoms with van der Waals surface area (Å²) in [7, 11) is 0. The highest BCUT2D eigenvalue weighted by molar-refractivity contribution is 8.00. The predicted molar refractivity (Wildman–Crippen MR) is 65.7 cm³/mol. The van der Waals surface area contributed by atoms with Crippen LogP contribution in [0.5, 0.6) is 0 Å². The number of rotatable bonds is 3. The molecule has 2 atom stereocenters. The molecule has 2 N–H and O–H groups in total. The van der Waals surface area contributed by atoms with E-state index < -0.39 is 0 Å². The van der Waals surface area contributed by atoms with Crippen molar-refractivity contribution in [2.45, 2.75) is 31.6 Å². The lowest BCUT2D eigenvalue weighted by atomic mass is 10.3. The molecule has 0 spiro atoms. The van der Waals surface area contributed by atoms with Crippen LogP contribution in [0.15, 0.2) is 4.42 Å². The minimum Gasteiger partial charge on any atom is -0.406 e. The van der Waals surface area contributed by atoms with Gasteiger partial charge in [-0.1, -0.05) is 12.0 Å². The second-order valence-corrected chi connectivity index (χ2v) is 5.47. The summed E-state index contributed by atoms with van der Waals surface area (Å²) in [4.78, 5) is 2.16. The zero-order valence-electron chi connectivity index (χ0n) is 9.72. The molecule has 2 unspecified atom stereocenters. The highest BCUT2D eigenvalue weighted by Gasteiger charge is 2.23. The summed E-state index contributed by atoms with van der Waals surface area (Å²) in [6.07, 6.45) is 1.18. The SMILES string of the molecule is CCC1CN(c2nnc(C(C)N)o2)CCS1. The highest BCUT2D eigenvalue weighted by Crippen LogP contribution is 2.25. The van der Waals surface area contributed by atoms with Crippen LogP contribution in [-0.2, 0) is 0 Å². The Bertz CT molecular complexity index is 341. The first-order chi connectivity index (χ1) is 7.70. The van der Waals surface area contributed by atoms with Gasteiger partial charge in [-0.25, -0.2) is 0 Å². The Morgan fingerprint density at radius 1 is 1.62 bits per heavy atom. The molecule has 16 heavy (non-hydrogen) atoms. The van der Waals surface area contributed by atoms with Crippen LogP contribution in [0.25, 0.3) is 0 Å². The van der Waals surface area contributed by atoms with Crippen LogP contribution in [-0.4, -0.2) is 34.3 Å². The monoisotopic (exact) mass is 242 g/mol. The first-order valence-electron chi connectivity index (χ1n) is 5.66. The van der Waals surface area contributed by atoms with Gasteiger partial charge >= 0.3 is 6.01 Å². The zero-order valence-corrected chi connectivity index (χ0v) is 10.5. The molecule has 1 aliphatic heterocycles. The molecule has 0 aromatic carbocycles. The molecule has 90 valence electrons. The van der Waals surface area contributed by atoms with E-state index >= 15 is 0 Å². The third-order valence-corrected chi connectivity index (χ3v) is 4.06. The average molecular weight is 242 g/mol. The van der Waals surface area contributed by atoms with E-state index in [-0.39, 0.29) is 6.04 Å². The Morgan fingerprint density at radius 2 is 2.44 bits per heavy atom. The van der Waals surface area contributed by atoms with Crippen molar-refractivity contribution in [2.24, 2.45) is 5.73 Å². The lowest BCUT2D eigenvalue weighted by Gasteiger charge is -2.30. The minimum absolute atomic E-state index is 0.192. The fourth-order valence-corrected chi connectivity index (χ4v) is 2.86. The van der Waals surface area contributed by atoms with E-state index in [0.717, 1.165) is 18.8 Å². The maximum absolute atomic E-state index is 5.69. The maximum atomic E-state index is 5.69. The molecule has 6 heteroatoms. The first-order valence-corrected chi connectivity index (χ1v) is 6.71. The Kier molecular flexibility index (Phi) is 3.70. The van der Waals surface area contributed by atoms with Crippen molar-refractivity contribution in [2.75, 3.05) is 23.7 Å². The molecular weight excluding hydrogens is 224 g/mol. The van der Waals surface area contributed by atoms with Crippen molar-refractivity contribution in [1.29, 1.82) is 0 Å². The van der Waals surface area contributed by atoms with Gasteiger partial charge in [0.25, 0.3) is 0 Å². The van der Waals surface area contributed by atoms with Crippen LogP contribution >= 0.6 is 11.8 Å². The molecule has 1 aromatic heterocycles. The van der Waals surface area contributed by atoms with Crippen LogP contribution in [0.4, 0.5) is 6.01 Å². The van der Waals surface area contributed by atoms with Crippen molar-refractivity contribution in [3.05, 3.63) is 5.89 Å². The van der Waals surface area contributed by atoms with Gasteiger partial charge in [-0.05, 0) is 13.3 Å². The van der Waals surface area contributed by atoms with Gasteiger partial charge < -0.3 is 15.1 Å². The van der Waals surface area contributed by atoms with Gasteiger partial charge in [0.15, 0.2) is 0 Å². The molecule has 0 saturated carbocycles. The van der Waals surface area contributed by atoms with Crippen molar-refractivity contribution in [3.8, 4) is 0 Å². The minimum atomic E-state index is -0.192. The van der Waals surface area contributed by atoms with E-state index in [1.165, 1.54) is 6.42 Å². The second-order valence-electron chi connectivity index (χ2n) is 4.06. The summed E-state index contributed by atoms with van der Waals surface area (Å²) in [5.74, 6) is 1.63. The fraction of sp³-hybridized carbons (Fsp3) is 0.800. The van der Waals surface area contributed by atoms with Gasteiger partial charge in [0.1, 0.15) is 0 Å². The summed E-state index contributed by atoms with van der Waals surface area (Å²) in [5.41, 5.74) is 5.69. The molecule has 2 rings (SSSR count). The Hall–Kier alpha value is -0.750. The van der Waals surface area contributed by atoms with Gasteiger partial charge in [0.05, 0.1) is 6.04 Å². The average Bonchev–Trinajstić information content (AvgIpc) is 2.78. The third-order valence-electron chi connectivity index (χ3n) is 2.68. The van der Waals surface area contributed by atoms with Gasteiger partial charge in [0, 0.05) is 24.1 Å². The van der Waals surface area contributed by atoms with Gasteiger partial charge in [-0.2, -0.15) is 11.8 Å². The molecule has 5 nitrogen and oxygen atoms in total. The second kappa shape index (κ2) is 5.05. The molecule has 1 fully saturated rings. The number of aromatic nitrogens is 2. The van der Waals surface area contributed by atoms with Crippen LogP contribution in [0.1, 0.15) is 32.2 Å². The number of nitrogens with two attached hydrogens (primary N) is 1. The van der Waals surface area contributed by atoms with E-state index in [1.54, 1.807) is 0 Å². The molecule has 0 aliphatic carbocycles. The van der Waals surface area contributed by atoms with Crippen molar-refractivity contribution < 1.29 is 4.42 Å². The van der Waals surface area contributed by atoms with Crippen molar-refractivity contribution in [1.82, 2.24) is 10.2 Å². The molecule has 1 saturated heterocycles. The zero-order chi connectivity index (χ0) is 11.5. The molecular formula is C10H18N4OS. The Labute approximate surface area is 99.8 Å². The fourth-order valence-electron chi connectivity index (χ4n) is 1.68. The van der Waals surface area contributed by atoms with Crippen LogP contribution in [0.3, 0.4) is 0 Å². The first kappa shape index (κ1) is 11.7. The predicted octanol–water partition coefficient (Wildman–Crippen LogP) is 1.42. The lowest BCUT2D eigenvalue weighted by molar-refractivity contribution is 0.455. The Balaban J connectivity index is 2.05. The van der Waals surface area contributed by atoms with Crippen LogP contribution in [0.2, 0.25) is 0 Å². The van der Waals surface area contributed by atoms with Gasteiger partial charge in [0.2, 0.25) is 5.89 Å². The Morgan fingerprint density at radius 3 is 3.06 bits per heavy atom. The molecule has 2 heterocycles.